The van der Waals surface area contributed by atoms with Crippen molar-refractivity contribution in [1.82, 2.24) is 10.6 Å². The Kier molecular flexibility index (Phi) is 6.17. The number of halogens is 1. The molecule has 4 nitrogen and oxygen atoms in total. The summed E-state index contributed by atoms with van der Waals surface area (Å²) in [4.78, 5) is 12.1. The second-order valence-corrected chi connectivity index (χ2v) is 5.62. The minimum absolute atomic E-state index is 0.0478. The molecule has 0 radical (unpaired) electrons. The molecule has 5 heteroatoms. The first-order valence-corrected chi connectivity index (χ1v) is 7.67. The van der Waals surface area contributed by atoms with E-state index in [4.69, 9.17) is 4.74 Å². The number of benzene rings is 2. The number of amides is 1. The Morgan fingerprint density at radius 1 is 1.10 bits per heavy atom. The van der Waals surface area contributed by atoms with Gasteiger partial charge in [-0.25, -0.2) is 0 Å². The van der Waals surface area contributed by atoms with Crippen LogP contribution in [-0.4, -0.2) is 39.3 Å². The molecule has 2 aromatic rings. The number of fused-ring (bicyclic) bond motifs is 1. The van der Waals surface area contributed by atoms with Gasteiger partial charge in [0.1, 0.15) is 0 Å². The molecule has 0 saturated carbocycles. The first-order valence-electron chi connectivity index (χ1n) is 6.88. The van der Waals surface area contributed by atoms with E-state index >= 15 is 0 Å². The molecule has 0 bridgehead atoms. The third-order valence-electron chi connectivity index (χ3n) is 3.13. The maximum Gasteiger partial charge on any atom is 0.251 e. The highest BCUT2D eigenvalue weighted by Crippen LogP contribution is 2.20. The fourth-order valence-corrected chi connectivity index (χ4v) is 2.40. The van der Waals surface area contributed by atoms with Crippen molar-refractivity contribution in [2.24, 2.45) is 0 Å². The molecule has 0 aliphatic carbocycles. The van der Waals surface area contributed by atoms with Crippen LogP contribution in [0.25, 0.3) is 10.8 Å². The normalized spacial score (nSPS) is 10.8. The highest BCUT2D eigenvalue weighted by Gasteiger charge is 2.05. The van der Waals surface area contributed by atoms with Gasteiger partial charge in [0, 0.05) is 36.8 Å². The van der Waals surface area contributed by atoms with Gasteiger partial charge in [0.25, 0.3) is 5.91 Å². The SMILES string of the molecule is COCCNCCNC(=O)c1ccc2cc(Br)ccc2c1. The van der Waals surface area contributed by atoms with E-state index in [0.29, 0.717) is 18.7 Å². The first-order chi connectivity index (χ1) is 10.2. The minimum atomic E-state index is -0.0478. The summed E-state index contributed by atoms with van der Waals surface area (Å²) in [7, 11) is 1.67. The topological polar surface area (TPSA) is 50.4 Å². The summed E-state index contributed by atoms with van der Waals surface area (Å²) in [6.45, 7) is 2.79. The molecule has 2 N–H and O–H groups in total. The van der Waals surface area contributed by atoms with Gasteiger partial charge in [0.2, 0.25) is 0 Å². The van der Waals surface area contributed by atoms with Crippen molar-refractivity contribution in [3.05, 3.63) is 46.4 Å². The molecule has 0 aliphatic rings. The molecule has 0 fully saturated rings. The highest BCUT2D eigenvalue weighted by atomic mass is 79.9. The molecule has 21 heavy (non-hydrogen) atoms. The van der Waals surface area contributed by atoms with E-state index in [1.54, 1.807) is 7.11 Å². The second-order valence-electron chi connectivity index (χ2n) is 4.70. The lowest BCUT2D eigenvalue weighted by Gasteiger charge is -2.07. The summed E-state index contributed by atoms with van der Waals surface area (Å²) in [6, 6.07) is 11.7. The molecule has 0 aromatic heterocycles. The molecule has 2 rings (SSSR count). The Morgan fingerprint density at radius 2 is 1.86 bits per heavy atom. The summed E-state index contributed by atoms with van der Waals surface area (Å²) < 4.78 is 5.97. The van der Waals surface area contributed by atoms with Crippen molar-refractivity contribution in [1.29, 1.82) is 0 Å². The predicted octanol–water partition coefficient (Wildman–Crippen LogP) is 2.57. The van der Waals surface area contributed by atoms with Gasteiger partial charge in [0.05, 0.1) is 6.61 Å². The zero-order valence-electron chi connectivity index (χ0n) is 12.0. The van der Waals surface area contributed by atoms with E-state index in [-0.39, 0.29) is 5.91 Å². The zero-order chi connectivity index (χ0) is 15.1. The van der Waals surface area contributed by atoms with Gasteiger partial charge >= 0.3 is 0 Å². The van der Waals surface area contributed by atoms with Gasteiger partial charge in [-0.15, -0.1) is 0 Å². The molecule has 0 heterocycles. The summed E-state index contributed by atoms with van der Waals surface area (Å²) >= 11 is 3.44. The summed E-state index contributed by atoms with van der Waals surface area (Å²) in [5, 5.41) is 8.26. The van der Waals surface area contributed by atoms with Crippen LogP contribution in [-0.2, 0) is 4.74 Å². The molecule has 0 aliphatic heterocycles. The quantitative estimate of drug-likeness (QED) is 0.754. The number of carbonyl (C=O) groups excluding carboxylic acids is 1. The van der Waals surface area contributed by atoms with Crippen LogP contribution in [0.5, 0.6) is 0 Å². The van der Waals surface area contributed by atoms with Gasteiger partial charge in [-0.05, 0) is 35.0 Å². The van der Waals surface area contributed by atoms with Crippen LogP contribution >= 0.6 is 15.9 Å². The van der Waals surface area contributed by atoms with Crippen molar-refractivity contribution in [3.63, 3.8) is 0 Å². The lowest BCUT2D eigenvalue weighted by molar-refractivity contribution is 0.0954. The van der Waals surface area contributed by atoms with E-state index in [1.165, 1.54) is 0 Å². The lowest BCUT2D eigenvalue weighted by Crippen LogP contribution is -2.33. The standard InChI is InChI=1S/C16H19BrN2O2/c1-21-9-8-18-6-7-19-16(20)14-3-2-13-11-15(17)5-4-12(13)10-14/h2-5,10-11,18H,6-9H2,1H3,(H,19,20). The van der Waals surface area contributed by atoms with Crippen molar-refractivity contribution >= 4 is 32.6 Å². The monoisotopic (exact) mass is 350 g/mol. The average Bonchev–Trinajstić information content (AvgIpc) is 2.50. The third kappa shape index (κ3) is 4.81. The maximum atomic E-state index is 12.1. The van der Waals surface area contributed by atoms with Crippen molar-refractivity contribution in [3.8, 4) is 0 Å². The molecule has 0 spiro atoms. The van der Waals surface area contributed by atoms with E-state index in [0.717, 1.165) is 28.3 Å². The summed E-state index contributed by atoms with van der Waals surface area (Å²) in [6.07, 6.45) is 0. The van der Waals surface area contributed by atoms with E-state index in [1.807, 2.05) is 36.4 Å². The Bertz CT molecular complexity index is 616. The summed E-state index contributed by atoms with van der Waals surface area (Å²) in [5.41, 5.74) is 0.682. The third-order valence-corrected chi connectivity index (χ3v) is 3.63. The molecule has 0 saturated heterocycles. The predicted molar refractivity (Wildman–Crippen MR) is 88.7 cm³/mol. The number of hydrogen-bond donors (Lipinski definition) is 2. The maximum absolute atomic E-state index is 12.1. The van der Waals surface area contributed by atoms with E-state index in [9.17, 15) is 4.79 Å². The zero-order valence-corrected chi connectivity index (χ0v) is 13.6. The average molecular weight is 351 g/mol. The fourth-order valence-electron chi connectivity index (χ4n) is 2.02. The van der Waals surface area contributed by atoms with Crippen LogP contribution in [0.2, 0.25) is 0 Å². The Hall–Kier alpha value is -1.43. The van der Waals surface area contributed by atoms with E-state index < -0.39 is 0 Å². The van der Waals surface area contributed by atoms with Crippen molar-refractivity contribution < 1.29 is 9.53 Å². The van der Waals surface area contributed by atoms with E-state index in [2.05, 4.69) is 26.6 Å². The minimum Gasteiger partial charge on any atom is -0.383 e. The van der Waals surface area contributed by atoms with Gasteiger partial charge in [-0.1, -0.05) is 28.1 Å². The van der Waals surface area contributed by atoms with Gasteiger partial charge < -0.3 is 15.4 Å². The van der Waals surface area contributed by atoms with Gasteiger partial charge in [0.15, 0.2) is 0 Å². The Morgan fingerprint density at radius 3 is 2.67 bits per heavy atom. The molecule has 1 amide bonds. The van der Waals surface area contributed by atoms with Crippen LogP contribution in [0.4, 0.5) is 0 Å². The van der Waals surface area contributed by atoms with Crippen LogP contribution in [0.15, 0.2) is 40.9 Å². The number of hydrogen-bond acceptors (Lipinski definition) is 3. The molecular weight excluding hydrogens is 332 g/mol. The Balaban J connectivity index is 1.89. The molecule has 0 atom stereocenters. The first kappa shape index (κ1) is 15.9. The van der Waals surface area contributed by atoms with Gasteiger partial charge in [-0.2, -0.15) is 0 Å². The lowest BCUT2D eigenvalue weighted by atomic mass is 10.1. The number of methoxy groups -OCH3 is 1. The van der Waals surface area contributed by atoms with Crippen molar-refractivity contribution in [2.45, 2.75) is 0 Å². The smallest absolute Gasteiger partial charge is 0.251 e. The number of rotatable bonds is 7. The number of nitrogens with one attached hydrogen (secondary N) is 2. The number of ether oxygens (including phenoxy) is 1. The molecule has 0 unspecified atom stereocenters. The largest absolute Gasteiger partial charge is 0.383 e. The van der Waals surface area contributed by atoms with Crippen LogP contribution in [0.1, 0.15) is 10.4 Å². The number of carbonyl (C=O) groups is 1. The molecular formula is C16H19BrN2O2. The molecule has 2 aromatic carbocycles. The summed E-state index contributed by atoms with van der Waals surface area (Å²) in [5.74, 6) is -0.0478. The van der Waals surface area contributed by atoms with Crippen LogP contribution in [0.3, 0.4) is 0 Å². The van der Waals surface area contributed by atoms with Crippen molar-refractivity contribution in [2.75, 3.05) is 33.4 Å². The van der Waals surface area contributed by atoms with Gasteiger partial charge in [-0.3, -0.25) is 4.79 Å². The Labute approximate surface area is 133 Å². The van der Waals surface area contributed by atoms with Crippen LogP contribution < -0.4 is 10.6 Å². The second kappa shape index (κ2) is 8.12. The highest BCUT2D eigenvalue weighted by molar-refractivity contribution is 9.10. The van der Waals surface area contributed by atoms with Crippen LogP contribution in [0, 0.1) is 0 Å². The fraction of sp³-hybridized carbons (Fsp3) is 0.312. The molecule has 112 valence electrons.